The molecular weight excluding hydrogens is 334 g/mol. The van der Waals surface area contributed by atoms with E-state index in [1.807, 2.05) is 31.2 Å². The van der Waals surface area contributed by atoms with Crippen LogP contribution in [0.15, 0.2) is 42.5 Å². The van der Waals surface area contributed by atoms with Crippen molar-refractivity contribution in [3.05, 3.63) is 53.1 Å². The molecule has 23 heavy (non-hydrogen) atoms. The fourth-order valence-corrected chi connectivity index (χ4v) is 2.30. The highest BCUT2D eigenvalue weighted by Crippen LogP contribution is 2.26. The minimum absolute atomic E-state index is 0.241. The molecule has 4 nitrogen and oxygen atoms in total. The van der Waals surface area contributed by atoms with Gasteiger partial charge in [-0.3, -0.25) is 0 Å². The zero-order valence-electron chi connectivity index (χ0n) is 12.8. The van der Waals surface area contributed by atoms with Gasteiger partial charge in [0.25, 0.3) is 0 Å². The second kappa shape index (κ2) is 8.60. The first-order valence-electron chi connectivity index (χ1n) is 7.18. The Balaban J connectivity index is 1.92. The van der Waals surface area contributed by atoms with E-state index in [4.69, 9.17) is 43.8 Å². The first-order valence-corrected chi connectivity index (χ1v) is 7.97. The van der Waals surface area contributed by atoms with Gasteiger partial charge in [0.05, 0.1) is 12.2 Å². The molecule has 0 aliphatic carbocycles. The molecule has 0 bridgehead atoms. The lowest BCUT2D eigenvalue weighted by atomic mass is 10.2. The van der Waals surface area contributed by atoms with E-state index in [-0.39, 0.29) is 4.99 Å². The van der Waals surface area contributed by atoms with Crippen molar-refractivity contribution in [1.29, 1.82) is 0 Å². The summed E-state index contributed by atoms with van der Waals surface area (Å²) in [4.78, 5) is 0.241. The molecule has 122 valence electrons. The Labute approximate surface area is 146 Å². The van der Waals surface area contributed by atoms with Crippen LogP contribution in [0.2, 0.25) is 5.02 Å². The van der Waals surface area contributed by atoms with E-state index in [0.717, 1.165) is 0 Å². The fourth-order valence-electron chi connectivity index (χ4n) is 1.97. The summed E-state index contributed by atoms with van der Waals surface area (Å²) >= 11 is 10.9. The number of para-hydroxylation sites is 2. The first kappa shape index (κ1) is 17.4. The van der Waals surface area contributed by atoms with Gasteiger partial charge in [0.1, 0.15) is 24.0 Å². The van der Waals surface area contributed by atoms with E-state index in [9.17, 15) is 0 Å². The van der Waals surface area contributed by atoms with Crippen LogP contribution in [-0.4, -0.2) is 24.8 Å². The third-order valence-corrected chi connectivity index (χ3v) is 3.41. The smallest absolute Gasteiger partial charge is 0.161 e. The van der Waals surface area contributed by atoms with Gasteiger partial charge in [-0.25, -0.2) is 0 Å². The summed E-state index contributed by atoms with van der Waals surface area (Å²) in [5.41, 5.74) is 6.29. The molecule has 2 rings (SSSR count). The van der Waals surface area contributed by atoms with Gasteiger partial charge in [-0.05, 0) is 37.3 Å². The van der Waals surface area contributed by atoms with Crippen LogP contribution >= 0.6 is 23.8 Å². The zero-order chi connectivity index (χ0) is 16.7. The van der Waals surface area contributed by atoms with E-state index in [2.05, 4.69) is 0 Å². The third-order valence-electron chi connectivity index (χ3n) is 2.95. The molecule has 2 aromatic carbocycles. The first-order chi connectivity index (χ1) is 11.1. The van der Waals surface area contributed by atoms with Crippen molar-refractivity contribution in [2.24, 2.45) is 5.73 Å². The third kappa shape index (κ3) is 5.01. The predicted octanol–water partition coefficient (Wildman–Crippen LogP) is 3.83. The quantitative estimate of drug-likeness (QED) is 0.578. The normalized spacial score (nSPS) is 10.2. The lowest BCUT2D eigenvalue weighted by Gasteiger charge is -2.13. The van der Waals surface area contributed by atoms with E-state index >= 15 is 0 Å². The Bertz CT molecular complexity index is 679. The Morgan fingerprint density at radius 3 is 2.22 bits per heavy atom. The number of ether oxygens (including phenoxy) is 3. The number of rotatable bonds is 8. The SMILES string of the molecule is CCOc1ccccc1OCCOc1ccc(Cl)cc1C(N)=S. The molecule has 2 N–H and O–H groups in total. The monoisotopic (exact) mass is 351 g/mol. The molecule has 0 spiro atoms. The number of hydrogen-bond acceptors (Lipinski definition) is 4. The summed E-state index contributed by atoms with van der Waals surface area (Å²) in [7, 11) is 0. The maximum absolute atomic E-state index is 5.94. The molecule has 0 aliphatic rings. The van der Waals surface area contributed by atoms with E-state index in [0.29, 0.717) is 47.7 Å². The summed E-state index contributed by atoms with van der Waals surface area (Å²) < 4.78 is 16.9. The molecule has 2 aromatic rings. The van der Waals surface area contributed by atoms with Gasteiger partial charge in [0.2, 0.25) is 0 Å². The van der Waals surface area contributed by atoms with Crippen molar-refractivity contribution >= 4 is 28.8 Å². The maximum Gasteiger partial charge on any atom is 0.161 e. The van der Waals surface area contributed by atoms with Crippen LogP contribution < -0.4 is 19.9 Å². The van der Waals surface area contributed by atoms with Gasteiger partial charge in [0, 0.05) is 5.02 Å². The lowest BCUT2D eigenvalue weighted by Crippen LogP contribution is -2.14. The summed E-state index contributed by atoms with van der Waals surface area (Å²) in [6, 6.07) is 12.7. The molecule has 0 radical (unpaired) electrons. The van der Waals surface area contributed by atoms with E-state index in [1.54, 1.807) is 18.2 Å². The minimum atomic E-state index is 0.241. The van der Waals surface area contributed by atoms with Gasteiger partial charge in [-0.2, -0.15) is 0 Å². The highest BCUT2D eigenvalue weighted by Gasteiger charge is 2.08. The minimum Gasteiger partial charge on any atom is -0.490 e. The van der Waals surface area contributed by atoms with E-state index in [1.165, 1.54) is 0 Å². The largest absolute Gasteiger partial charge is 0.490 e. The standard InChI is InChI=1S/C17H18ClNO3S/c1-2-20-15-5-3-4-6-16(15)22-10-9-21-14-8-7-12(18)11-13(14)17(19)23/h3-8,11H,2,9-10H2,1H3,(H2,19,23). The highest BCUT2D eigenvalue weighted by molar-refractivity contribution is 7.80. The molecular formula is C17H18ClNO3S. The predicted molar refractivity (Wildman–Crippen MR) is 95.9 cm³/mol. The van der Waals surface area contributed by atoms with Gasteiger partial charge in [-0.15, -0.1) is 0 Å². The lowest BCUT2D eigenvalue weighted by molar-refractivity contribution is 0.208. The van der Waals surface area contributed by atoms with Crippen LogP contribution in [0.5, 0.6) is 17.2 Å². The fraction of sp³-hybridized carbons (Fsp3) is 0.235. The molecule has 0 aromatic heterocycles. The van der Waals surface area contributed by atoms with Crippen LogP contribution in [0.25, 0.3) is 0 Å². The van der Waals surface area contributed by atoms with E-state index < -0.39 is 0 Å². The van der Waals surface area contributed by atoms with Gasteiger partial charge in [-0.1, -0.05) is 36.0 Å². The summed E-state index contributed by atoms with van der Waals surface area (Å²) in [6.45, 7) is 3.22. The van der Waals surface area contributed by atoms with Crippen molar-refractivity contribution in [3.63, 3.8) is 0 Å². The molecule has 0 fully saturated rings. The number of hydrogen-bond donors (Lipinski definition) is 1. The number of halogens is 1. The second-order valence-corrected chi connectivity index (χ2v) is 5.46. The van der Waals surface area contributed by atoms with Gasteiger partial charge < -0.3 is 19.9 Å². The van der Waals surface area contributed by atoms with Crippen molar-refractivity contribution in [1.82, 2.24) is 0 Å². The summed E-state index contributed by atoms with van der Waals surface area (Å²) in [5.74, 6) is 1.98. The zero-order valence-corrected chi connectivity index (χ0v) is 14.3. The average Bonchev–Trinajstić information content (AvgIpc) is 2.54. The van der Waals surface area contributed by atoms with Crippen molar-refractivity contribution in [2.45, 2.75) is 6.92 Å². The number of nitrogens with two attached hydrogens (primary N) is 1. The average molecular weight is 352 g/mol. The molecule has 0 unspecified atom stereocenters. The molecule has 6 heteroatoms. The molecule has 0 heterocycles. The van der Waals surface area contributed by atoms with Crippen LogP contribution in [0, 0.1) is 0 Å². The molecule has 0 aliphatic heterocycles. The van der Waals surface area contributed by atoms with Gasteiger partial charge >= 0.3 is 0 Å². The van der Waals surface area contributed by atoms with Crippen LogP contribution in [0.1, 0.15) is 12.5 Å². The Kier molecular flexibility index (Phi) is 6.50. The summed E-state index contributed by atoms with van der Waals surface area (Å²) in [6.07, 6.45) is 0. The van der Waals surface area contributed by atoms with Crippen molar-refractivity contribution in [2.75, 3.05) is 19.8 Å². The van der Waals surface area contributed by atoms with Crippen LogP contribution in [-0.2, 0) is 0 Å². The maximum atomic E-state index is 5.94. The molecule has 0 atom stereocenters. The highest BCUT2D eigenvalue weighted by atomic mass is 35.5. The van der Waals surface area contributed by atoms with Crippen LogP contribution in [0.4, 0.5) is 0 Å². The number of benzene rings is 2. The molecule has 0 amide bonds. The van der Waals surface area contributed by atoms with Crippen molar-refractivity contribution in [3.8, 4) is 17.2 Å². The second-order valence-electron chi connectivity index (χ2n) is 4.58. The Morgan fingerprint density at radius 2 is 1.61 bits per heavy atom. The molecule has 0 saturated heterocycles. The Morgan fingerprint density at radius 1 is 1.00 bits per heavy atom. The topological polar surface area (TPSA) is 53.7 Å². The van der Waals surface area contributed by atoms with Gasteiger partial charge in [0.15, 0.2) is 11.5 Å². The van der Waals surface area contributed by atoms with Crippen LogP contribution in [0.3, 0.4) is 0 Å². The number of thiocarbonyl (C=S) groups is 1. The summed E-state index contributed by atoms with van der Waals surface area (Å²) in [5, 5.41) is 0.557. The van der Waals surface area contributed by atoms with Crippen molar-refractivity contribution < 1.29 is 14.2 Å². The Hall–Kier alpha value is -1.98. The molecule has 0 saturated carbocycles.